The van der Waals surface area contributed by atoms with Crippen molar-refractivity contribution < 1.29 is 45.1 Å². The Kier molecular flexibility index (Phi) is 11.1. The van der Waals surface area contributed by atoms with E-state index in [9.17, 15) is 45.1 Å². The molecule has 0 fully saturated rings. The zero-order chi connectivity index (χ0) is 34.5. The summed E-state index contributed by atoms with van der Waals surface area (Å²) < 4.78 is 95.9. The van der Waals surface area contributed by atoms with Crippen LogP contribution in [-0.4, -0.2) is 23.0 Å². The Labute approximate surface area is 275 Å². The van der Waals surface area contributed by atoms with E-state index in [1.165, 1.54) is 37.3 Å². The van der Waals surface area contributed by atoms with Gasteiger partial charge in [0.25, 0.3) is 11.8 Å². The SMILES string of the molecule is CC(Sc1cccc(NC(=O)/C(=C\c2cccc(Br)c2)NC(=O)c2ccccc2)c1)C(=O)Nc1c(F)c(F)c(C(F)(F)F)c(F)c1F. The molecule has 1 unspecified atom stereocenters. The van der Waals surface area contributed by atoms with Gasteiger partial charge in [-0.1, -0.05) is 52.3 Å². The highest BCUT2D eigenvalue weighted by atomic mass is 79.9. The maximum atomic E-state index is 14.3. The van der Waals surface area contributed by atoms with Crippen molar-refractivity contribution in [3.63, 3.8) is 0 Å². The van der Waals surface area contributed by atoms with Crippen molar-refractivity contribution in [1.82, 2.24) is 5.32 Å². The van der Waals surface area contributed by atoms with Crippen LogP contribution in [0.5, 0.6) is 0 Å². The number of alkyl halides is 3. The van der Waals surface area contributed by atoms with Crippen molar-refractivity contribution in [3.05, 3.63) is 129 Å². The lowest BCUT2D eigenvalue weighted by Gasteiger charge is -2.17. The highest BCUT2D eigenvalue weighted by Gasteiger charge is 2.42. The Morgan fingerprint density at radius 3 is 2.06 bits per heavy atom. The first kappa shape index (κ1) is 35.2. The van der Waals surface area contributed by atoms with E-state index in [4.69, 9.17) is 0 Å². The maximum absolute atomic E-state index is 14.3. The van der Waals surface area contributed by atoms with E-state index in [0.717, 1.165) is 16.2 Å². The number of halogens is 8. The van der Waals surface area contributed by atoms with Crippen LogP contribution in [0, 0.1) is 23.3 Å². The van der Waals surface area contributed by atoms with E-state index in [-0.39, 0.29) is 11.4 Å². The maximum Gasteiger partial charge on any atom is 0.422 e. The monoisotopic (exact) mass is 739 g/mol. The summed E-state index contributed by atoms with van der Waals surface area (Å²) in [5.74, 6) is -12.7. The highest BCUT2D eigenvalue weighted by molar-refractivity contribution is 9.10. The number of hydrogen-bond donors (Lipinski definition) is 3. The van der Waals surface area contributed by atoms with Crippen LogP contribution in [0.25, 0.3) is 6.08 Å². The van der Waals surface area contributed by atoms with Gasteiger partial charge in [-0.15, -0.1) is 11.8 Å². The van der Waals surface area contributed by atoms with E-state index in [1.807, 2.05) is 0 Å². The largest absolute Gasteiger partial charge is 0.422 e. The van der Waals surface area contributed by atoms with Crippen LogP contribution in [-0.2, 0) is 15.8 Å². The molecule has 0 bridgehead atoms. The fraction of sp³-hybridized carbons (Fsp3) is 0.0938. The molecule has 244 valence electrons. The molecule has 0 saturated carbocycles. The Bertz CT molecular complexity index is 1840. The van der Waals surface area contributed by atoms with Crippen LogP contribution < -0.4 is 16.0 Å². The van der Waals surface area contributed by atoms with Crippen LogP contribution in [0.15, 0.2) is 93.9 Å². The number of carbonyl (C=O) groups is 3. The molecule has 0 aliphatic carbocycles. The molecule has 4 aromatic carbocycles. The Morgan fingerprint density at radius 1 is 0.809 bits per heavy atom. The molecule has 47 heavy (non-hydrogen) atoms. The molecule has 0 radical (unpaired) electrons. The number of benzene rings is 4. The second kappa shape index (κ2) is 14.9. The molecule has 0 heterocycles. The molecule has 0 aromatic heterocycles. The minimum absolute atomic E-state index is 0.109. The van der Waals surface area contributed by atoms with Gasteiger partial charge in [0.1, 0.15) is 16.9 Å². The molecule has 1 atom stereocenters. The van der Waals surface area contributed by atoms with Crippen LogP contribution in [0.2, 0.25) is 0 Å². The number of nitrogens with one attached hydrogen (secondary N) is 3. The molecule has 6 nitrogen and oxygen atoms in total. The fourth-order valence-electron chi connectivity index (χ4n) is 4.02. The van der Waals surface area contributed by atoms with Crippen LogP contribution >= 0.6 is 27.7 Å². The summed E-state index contributed by atoms with van der Waals surface area (Å²) in [4.78, 5) is 39.2. The topological polar surface area (TPSA) is 87.3 Å². The molecule has 3 N–H and O–H groups in total. The third-order valence-electron chi connectivity index (χ3n) is 6.26. The van der Waals surface area contributed by atoms with E-state index in [2.05, 4.69) is 26.6 Å². The smallest absolute Gasteiger partial charge is 0.321 e. The van der Waals surface area contributed by atoms with E-state index < -0.39 is 63.7 Å². The standard InChI is InChI=1S/C32H21BrF7N3O3S/c1-16(29(44)43-28-26(36)24(34)23(32(38,39)40)25(35)27(28)37)47-21-12-6-11-20(15-21)41-31(46)22(14-17-7-5-10-19(33)13-17)42-30(45)18-8-3-2-4-9-18/h2-16H,1H3,(H,41,46)(H,42,45)(H,43,44)/b22-14+. The summed E-state index contributed by atoms with van der Waals surface area (Å²) in [5, 5.41) is 5.63. The van der Waals surface area contributed by atoms with Crippen molar-refractivity contribution >= 4 is 62.9 Å². The average molecular weight is 740 g/mol. The third kappa shape index (κ3) is 8.80. The molecule has 3 amide bonds. The Hall–Kier alpha value is -4.63. The molecule has 0 saturated heterocycles. The van der Waals surface area contributed by atoms with E-state index in [1.54, 1.807) is 59.9 Å². The van der Waals surface area contributed by atoms with Crippen LogP contribution in [0.4, 0.5) is 42.1 Å². The Balaban J connectivity index is 1.51. The number of rotatable bonds is 9. The van der Waals surface area contributed by atoms with Gasteiger partial charge in [-0.05, 0) is 61.0 Å². The summed E-state index contributed by atoms with van der Waals surface area (Å²) in [7, 11) is 0. The molecule has 0 aliphatic heterocycles. The van der Waals surface area contributed by atoms with Gasteiger partial charge in [0.05, 0.1) is 5.25 Å². The number of hydrogen-bond acceptors (Lipinski definition) is 4. The zero-order valence-corrected chi connectivity index (χ0v) is 26.2. The van der Waals surface area contributed by atoms with Crippen molar-refractivity contribution in [1.29, 1.82) is 0 Å². The van der Waals surface area contributed by atoms with Gasteiger partial charge in [0, 0.05) is 20.6 Å². The quantitative estimate of drug-likeness (QED) is 0.0695. The van der Waals surface area contributed by atoms with E-state index >= 15 is 0 Å². The summed E-state index contributed by atoms with van der Waals surface area (Å²) in [6, 6.07) is 21.1. The number of carbonyl (C=O) groups excluding carboxylic acids is 3. The summed E-state index contributed by atoms with van der Waals surface area (Å²) >= 11 is 4.15. The predicted octanol–water partition coefficient (Wildman–Crippen LogP) is 8.55. The van der Waals surface area contributed by atoms with Crippen LogP contribution in [0.3, 0.4) is 0 Å². The molecule has 15 heteroatoms. The fourth-order valence-corrected chi connectivity index (χ4v) is 5.37. The minimum Gasteiger partial charge on any atom is -0.321 e. The molecular weight excluding hydrogens is 719 g/mol. The van der Waals surface area contributed by atoms with Gasteiger partial charge in [-0.2, -0.15) is 13.2 Å². The lowest BCUT2D eigenvalue weighted by atomic mass is 10.1. The number of thioether (sulfide) groups is 1. The molecular formula is C32H21BrF7N3O3S. The van der Waals surface area contributed by atoms with Gasteiger partial charge in [0.15, 0.2) is 23.3 Å². The first-order valence-electron chi connectivity index (χ1n) is 13.3. The van der Waals surface area contributed by atoms with Crippen molar-refractivity contribution in [2.45, 2.75) is 23.2 Å². The highest BCUT2D eigenvalue weighted by Crippen LogP contribution is 2.39. The third-order valence-corrected chi connectivity index (χ3v) is 7.84. The Morgan fingerprint density at radius 2 is 1.45 bits per heavy atom. The van der Waals surface area contributed by atoms with Crippen molar-refractivity contribution in [2.75, 3.05) is 10.6 Å². The van der Waals surface area contributed by atoms with Gasteiger partial charge in [0.2, 0.25) is 5.91 Å². The average Bonchev–Trinajstić information content (AvgIpc) is 3.01. The summed E-state index contributed by atoms with van der Waals surface area (Å²) in [5.41, 5.74) is -3.49. The predicted molar refractivity (Wildman–Crippen MR) is 166 cm³/mol. The molecule has 0 spiro atoms. The second-order valence-electron chi connectivity index (χ2n) is 9.67. The van der Waals surface area contributed by atoms with E-state index in [0.29, 0.717) is 16.0 Å². The zero-order valence-electron chi connectivity index (χ0n) is 23.8. The van der Waals surface area contributed by atoms with Crippen molar-refractivity contribution in [3.8, 4) is 0 Å². The van der Waals surface area contributed by atoms with Gasteiger partial charge < -0.3 is 16.0 Å². The van der Waals surface area contributed by atoms with Crippen molar-refractivity contribution in [2.24, 2.45) is 0 Å². The van der Waals surface area contributed by atoms with Crippen LogP contribution in [0.1, 0.15) is 28.4 Å². The number of anilines is 2. The lowest BCUT2D eigenvalue weighted by Crippen LogP contribution is -2.30. The lowest BCUT2D eigenvalue weighted by molar-refractivity contribution is -0.143. The molecule has 4 rings (SSSR count). The normalized spacial score (nSPS) is 12.3. The summed E-state index contributed by atoms with van der Waals surface area (Å²) in [6.07, 6.45) is -4.28. The molecule has 4 aromatic rings. The van der Waals surface area contributed by atoms with Gasteiger partial charge in [-0.3, -0.25) is 14.4 Å². The number of amides is 3. The summed E-state index contributed by atoms with van der Waals surface area (Å²) in [6.45, 7) is 1.26. The minimum atomic E-state index is -5.73. The second-order valence-corrected chi connectivity index (χ2v) is 12.0. The first-order valence-corrected chi connectivity index (χ1v) is 15.0. The first-order chi connectivity index (χ1) is 22.1. The molecule has 0 aliphatic rings. The van der Waals surface area contributed by atoms with Gasteiger partial charge >= 0.3 is 6.18 Å². The van der Waals surface area contributed by atoms with Gasteiger partial charge in [-0.25, -0.2) is 17.6 Å².